The standard InChI is InChI=1S/C21H21N3O/c1-14(22)21(25)20-13-16(10-7-15-8-11-17(23)12-9-15)18-5-3-4-6-19(18)24(20)2/h3-14,23H,22H2,1-2H3/p+1. The molecule has 0 bridgehead atoms. The lowest BCUT2D eigenvalue weighted by molar-refractivity contribution is -0.647. The number of aromatic nitrogens is 1. The second-order valence-electron chi connectivity index (χ2n) is 6.21. The molecule has 2 aromatic carbocycles. The van der Waals surface area contributed by atoms with Crippen molar-refractivity contribution in [2.75, 3.05) is 5.73 Å². The third-order valence-electron chi connectivity index (χ3n) is 4.29. The number of nitrogen functional groups attached to an aromatic ring is 1. The minimum absolute atomic E-state index is 0.0737. The number of fused-ring (bicyclic) bond motifs is 1. The summed E-state index contributed by atoms with van der Waals surface area (Å²) >= 11 is 0. The van der Waals surface area contributed by atoms with Gasteiger partial charge in [0.2, 0.25) is 11.3 Å². The van der Waals surface area contributed by atoms with Gasteiger partial charge < -0.3 is 11.5 Å². The molecular weight excluding hydrogens is 310 g/mol. The molecule has 25 heavy (non-hydrogen) atoms. The van der Waals surface area contributed by atoms with Crippen molar-refractivity contribution >= 4 is 34.5 Å². The minimum atomic E-state index is -0.540. The van der Waals surface area contributed by atoms with Gasteiger partial charge in [0.25, 0.3) is 5.69 Å². The second kappa shape index (κ2) is 6.87. The normalized spacial score (nSPS) is 12.6. The Morgan fingerprint density at radius 3 is 2.44 bits per heavy atom. The van der Waals surface area contributed by atoms with E-state index in [-0.39, 0.29) is 5.78 Å². The molecule has 1 atom stereocenters. The van der Waals surface area contributed by atoms with E-state index in [4.69, 9.17) is 11.5 Å². The van der Waals surface area contributed by atoms with E-state index < -0.39 is 6.04 Å². The zero-order valence-electron chi connectivity index (χ0n) is 14.4. The van der Waals surface area contributed by atoms with Gasteiger partial charge in [0.1, 0.15) is 7.05 Å². The Kier molecular flexibility index (Phi) is 4.63. The van der Waals surface area contributed by atoms with Crippen molar-refractivity contribution in [2.24, 2.45) is 12.8 Å². The predicted octanol–water partition coefficient (Wildman–Crippen LogP) is 2.95. The van der Waals surface area contributed by atoms with Crippen molar-refractivity contribution in [2.45, 2.75) is 13.0 Å². The molecule has 0 spiro atoms. The van der Waals surface area contributed by atoms with E-state index >= 15 is 0 Å². The molecule has 4 N–H and O–H groups in total. The first-order chi connectivity index (χ1) is 12.0. The number of ketones is 1. The lowest BCUT2D eigenvalue weighted by Gasteiger charge is -2.08. The Labute approximate surface area is 147 Å². The summed E-state index contributed by atoms with van der Waals surface area (Å²) in [5.74, 6) is -0.0737. The van der Waals surface area contributed by atoms with Crippen LogP contribution in [0.1, 0.15) is 28.5 Å². The summed E-state index contributed by atoms with van der Waals surface area (Å²) in [6.07, 6.45) is 4.03. The first kappa shape index (κ1) is 16.9. The van der Waals surface area contributed by atoms with Crippen LogP contribution in [0.3, 0.4) is 0 Å². The summed E-state index contributed by atoms with van der Waals surface area (Å²) in [6, 6.07) is 17.1. The number of nitrogens with zero attached hydrogens (tertiary/aromatic N) is 1. The van der Waals surface area contributed by atoms with Crippen LogP contribution in [0, 0.1) is 0 Å². The average Bonchev–Trinajstić information content (AvgIpc) is 2.62. The molecule has 4 nitrogen and oxygen atoms in total. The Balaban J connectivity index is 2.14. The molecular formula is C21H22N3O+. The van der Waals surface area contributed by atoms with Crippen LogP contribution in [0.2, 0.25) is 0 Å². The van der Waals surface area contributed by atoms with Gasteiger partial charge >= 0.3 is 0 Å². The molecule has 0 aliphatic carbocycles. The van der Waals surface area contributed by atoms with E-state index in [1.165, 1.54) is 0 Å². The van der Waals surface area contributed by atoms with Crippen molar-refractivity contribution in [1.29, 1.82) is 0 Å². The van der Waals surface area contributed by atoms with Crippen molar-refractivity contribution in [3.05, 3.63) is 71.4 Å². The molecule has 1 unspecified atom stereocenters. The number of Topliss-reactive ketones (excluding diaryl/α,β-unsaturated/α-hetero) is 1. The van der Waals surface area contributed by atoms with Gasteiger partial charge in [-0.2, -0.15) is 4.57 Å². The van der Waals surface area contributed by atoms with Crippen molar-refractivity contribution in [1.82, 2.24) is 0 Å². The number of anilines is 1. The number of pyridine rings is 1. The second-order valence-corrected chi connectivity index (χ2v) is 6.21. The van der Waals surface area contributed by atoms with Crippen LogP contribution < -0.4 is 16.0 Å². The van der Waals surface area contributed by atoms with Crippen LogP contribution in [0.25, 0.3) is 23.1 Å². The SMILES string of the molecule is CC(N)C(=O)c1cc(C=Cc2ccc(N)cc2)c2ccccc2[n+]1C. The fourth-order valence-corrected chi connectivity index (χ4v) is 2.86. The maximum Gasteiger partial charge on any atom is 0.251 e. The van der Waals surface area contributed by atoms with E-state index in [2.05, 4.69) is 6.07 Å². The number of aryl methyl sites for hydroxylation is 1. The minimum Gasteiger partial charge on any atom is -0.399 e. The molecule has 3 aromatic rings. The summed E-state index contributed by atoms with van der Waals surface area (Å²) in [6.45, 7) is 1.71. The lowest BCUT2D eigenvalue weighted by atomic mass is 10.0. The highest BCUT2D eigenvalue weighted by Crippen LogP contribution is 2.20. The molecule has 0 radical (unpaired) electrons. The smallest absolute Gasteiger partial charge is 0.251 e. The molecule has 4 heteroatoms. The molecule has 0 amide bonds. The van der Waals surface area contributed by atoms with Gasteiger partial charge in [0.15, 0.2) is 0 Å². The van der Waals surface area contributed by atoms with Crippen LogP contribution in [-0.4, -0.2) is 11.8 Å². The average molecular weight is 332 g/mol. The number of para-hydroxylation sites is 1. The van der Waals surface area contributed by atoms with Crippen molar-refractivity contribution < 1.29 is 9.36 Å². The van der Waals surface area contributed by atoms with E-state index in [1.807, 2.05) is 72.3 Å². The molecule has 1 aromatic heterocycles. The Hall–Kier alpha value is -2.98. The largest absolute Gasteiger partial charge is 0.399 e. The first-order valence-electron chi connectivity index (χ1n) is 8.22. The summed E-state index contributed by atoms with van der Waals surface area (Å²) in [7, 11) is 1.89. The number of carbonyl (C=O) groups is 1. The molecule has 3 rings (SSSR count). The first-order valence-corrected chi connectivity index (χ1v) is 8.22. The van der Waals surface area contributed by atoms with Crippen LogP contribution in [0.4, 0.5) is 5.69 Å². The molecule has 0 fully saturated rings. The molecule has 0 aliphatic rings. The number of nitrogens with two attached hydrogens (primary N) is 2. The van der Waals surface area contributed by atoms with Gasteiger partial charge in [0, 0.05) is 17.8 Å². The fourth-order valence-electron chi connectivity index (χ4n) is 2.86. The fraction of sp³-hybridized carbons (Fsp3) is 0.143. The molecule has 0 aliphatic heterocycles. The number of carbonyl (C=O) groups excluding carboxylic acids is 1. The summed E-state index contributed by atoms with van der Waals surface area (Å²) in [5.41, 5.74) is 15.9. The lowest BCUT2D eigenvalue weighted by Crippen LogP contribution is -2.42. The Bertz CT molecular complexity index is 957. The third kappa shape index (κ3) is 3.44. The molecule has 1 heterocycles. The van der Waals surface area contributed by atoms with E-state index in [1.54, 1.807) is 6.92 Å². The Morgan fingerprint density at radius 2 is 1.76 bits per heavy atom. The van der Waals surface area contributed by atoms with Gasteiger partial charge in [-0.25, -0.2) is 0 Å². The predicted molar refractivity (Wildman–Crippen MR) is 103 cm³/mol. The summed E-state index contributed by atoms with van der Waals surface area (Å²) in [4.78, 5) is 12.5. The van der Waals surface area contributed by atoms with E-state index in [9.17, 15) is 4.79 Å². The highest BCUT2D eigenvalue weighted by atomic mass is 16.1. The van der Waals surface area contributed by atoms with Crippen molar-refractivity contribution in [3.8, 4) is 0 Å². The zero-order valence-corrected chi connectivity index (χ0v) is 14.4. The Morgan fingerprint density at radius 1 is 1.08 bits per heavy atom. The van der Waals surface area contributed by atoms with Crippen LogP contribution >= 0.6 is 0 Å². The monoisotopic (exact) mass is 332 g/mol. The summed E-state index contributed by atoms with van der Waals surface area (Å²) < 4.78 is 1.90. The highest BCUT2D eigenvalue weighted by Gasteiger charge is 2.23. The van der Waals surface area contributed by atoms with Crippen molar-refractivity contribution in [3.63, 3.8) is 0 Å². The van der Waals surface area contributed by atoms with Gasteiger partial charge in [-0.1, -0.05) is 36.4 Å². The van der Waals surface area contributed by atoms with Gasteiger partial charge in [-0.3, -0.25) is 4.79 Å². The number of hydrogen-bond donors (Lipinski definition) is 2. The number of hydrogen-bond acceptors (Lipinski definition) is 3. The zero-order chi connectivity index (χ0) is 18.0. The molecule has 126 valence electrons. The topological polar surface area (TPSA) is 73.0 Å². The number of rotatable bonds is 4. The third-order valence-corrected chi connectivity index (χ3v) is 4.29. The maximum absolute atomic E-state index is 12.5. The quantitative estimate of drug-likeness (QED) is 0.438. The maximum atomic E-state index is 12.5. The van der Waals surface area contributed by atoms with Gasteiger partial charge in [-0.15, -0.1) is 0 Å². The van der Waals surface area contributed by atoms with E-state index in [0.29, 0.717) is 5.69 Å². The van der Waals surface area contributed by atoms with E-state index in [0.717, 1.165) is 27.7 Å². The van der Waals surface area contributed by atoms with Gasteiger partial charge in [-0.05, 0) is 36.2 Å². The molecule has 0 saturated carbocycles. The number of benzene rings is 2. The summed E-state index contributed by atoms with van der Waals surface area (Å²) in [5, 5.41) is 1.08. The van der Waals surface area contributed by atoms with Crippen LogP contribution in [0.15, 0.2) is 54.6 Å². The molecule has 0 saturated heterocycles. The van der Waals surface area contributed by atoms with Gasteiger partial charge in [0.05, 0.1) is 11.4 Å². The van der Waals surface area contributed by atoms with Crippen LogP contribution in [-0.2, 0) is 7.05 Å². The highest BCUT2D eigenvalue weighted by molar-refractivity contribution is 6.00. The van der Waals surface area contributed by atoms with Crippen LogP contribution in [0.5, 0.6) is 0 Å².